The fourth-order valence-corrected chi connectivity index (χ4v) is 2.83. The van der Waals surface area contributed by atoms with Crippen LogP contribution in [0.3, 0.4) is 0 Å². The number of ether oxygens (including phenoxy) is 1. The summed E-state index contributed by atoms with van der Waals surface area (Å²) in [5.41, 5.74) is 4.55. The first-order valence-electron chi connectivity index (χ1n) is 8.14. The summed E-state index contributed by atoms with van der Waals surface area (Å²) in [7, 11) is 3.45. The van der Waals surface area contributed by atoms with Gasteiger partial charge < -0.3 is 10.1 Å². The lowest BCUT2D eigenvalue weighted by atomic mass is 9.93. The Kier molecular flexibility index (Phi) is 5.26. The molecule has 0 atom stereocenters. The molecule has 4 nitrogen and oxygen atoms in total. The number of hydrogen-bond acceptors (Lipinski definition) is 4. The zero-order chi connectivity index (χ0) is 18.5. The first-order chi connectivity index (χ1) is 12.7. The smallest absolute Gasteiger partial charge is 0.212 e. The van der Waals surface area contributed by atoms with E-state index in [1.807, 2.05) is 37.4 Å². The molecule has 0 spiro atoms. The van der Waals surface area contributed by atoms with Crippen molar-refractivity contribution < 1.29 is 9.13 Å². The molecule has 1 aromatic heterocycles. The summed E-state index contributed by atoms with van der Waals surface area (Å²) in [4.78, 5) is 4.26. The van der Waals surface area contributed by atoms with Gasteiger partial charge in [0.2, 0.25) is 5.88 Å². The second kappa shape index (κ2) is 7.77. The molecule has 1 heterocycles. The molecule has 0 aliphatic carbocycles. The fraction of sp³-hybridized carbons (Fsp3) is 0.143. The predicted molar refractivity (Wildman–Crippen MR) is 99.1 cm³/mol. The van der Waals surface area contributed by atoms with Crippen LogP contribution in [-0.4, -0.2) is 19.1 Å². The van der Waals surface area contributed by atoms with Gasteiger partial charge in [0.1, 0.15) is 11.9 Å². The van der Waals surface area contributed by atoms with Gasteiger partial charge in [0, 0.05) is 24.4 Å². The maximum atomic E-state index is 14.2. The van der Waals surface area contributed by atoms with E-state index in [1.165, 1.54) is 12.1 Å². The molecule has 0 saturated carbocycles. The number of benzene rings is 2. The van der Waals surface area contributed by atoms with E-state index in [-0.39, 0.29) is 5.56 Å². The van der Waals surface area contributed by atoms with Crippen molar-refractivity contribution in [3.8, 4) is 34.2 Å². The van der Waals surface area contributed by atoms with Crippen LogP contribution in [0.5, 0.6) is 5.88 Å². The molecule has 130 valence electrons. The van der Waals surface area contributed by atoms with Gasteiger partial charge in [-0.3, -0.25) is 0 Å². The number of halogens is 1. The van der Waals surface area contributed by atoms with E-state index in [0.29, 0.717) is 18.0 Å². The zero-order valence-electron chi connectivity index (χ0n) is 14.6. The predicted octanol–water partition coefficient (Wildman–Crippen LogP) is 4.15. The zero-order valence-corrected chi connectivity index (χ0v) is 14.6. The summed E-state index contributed by atoms with van der Waals surface area (Å²) in [6.07, 6.45) is 1.73. The van der Waals surface area contributed by atoms with Crippen molar-refractivity contribution in [3.05, 3.63) is 71.7 Å². The maximum absolute atomic E-state index is 14.2. The molecule has 0 aliphatic rings. The van der Waals surface area contributed by atoms with Crippen LogP contribution in [0.25, 0.3) is 22.3 Å². The maximum Gasteiger partial charge on any atom is 0.212 e. The van der Waals surface area contributed by atoms with Crippen molar-refractivity contribution in [3.63, 3.8) is 0 Å². The van der Waals surface area contributed by atoms with Crippen LogP contribution < -0.4 is 10.1 Å². The van der Waals surface area contributed by atoms with Gasteiger partial charge in [-0.15, -0.1) is 0 Å². The van der Waals surface area contributed by atoms with Crippen LogP contribution in [0.15, 0.2) is 54.7 Å². The Morgan fingerprint density at radius 1 is 1.08 bits per heavy atom. The average Bonchev–Trinajstić information content (AvgIpc) is 2.68. The van der Waals surface area contributed by atoms with Gasteiger partial charge in [-0.1, -0.05) is 18.2 Å². The lowest BCUT2D eigenvalue weighted by molar-refractivity contribution is 0.398. The fourth-order valence-electron chi connectivity index (χ4n) is 2.83. The summed E-state index contributed by atoms with van der Waals surface area (Å²) >= 11 is 0. The summed E-state index contributed by atoms with van der Waals surface area (Å²) in [5, 5.41) is 12.1. The Labute approximate surface area is 151 Å². The average molecular weight is 347 g/mol. The van der Waals surface area contributed by atoms with E-state index >= 15 is 0 Å². The Hall–Kier alpha value is -3.23. The second-order valence-electron chi connectivity index (χ2n) is 5.81. The van der Waals surface area contributed by atoms with Crippen LogP contribution in [0.4, 0.5) is 4.39 Å². The highest BCUT2D eigenvalue weighted by Gasteiger charge is 2.12. The minimum absolute atomic E-state index is 0.0350. The van der Waals surface area contributed by atoms with Gasteiger partial charge in [0.05, 0.1) is 12.7 Å². The number of methoxy groups -OCH3 is 1. The van der Waals surface area contributed by atoms with Crippen LogP contribution in [0.1, 0.15) is 11.1 Å². The van der Waals surface area contributed by atoms with E-state index in [0.717, 1.165) is 22.3 Å². The monoisotopic (exact) mass is 347 g/mol. The van der Waals surface area contributed by atoms with Crippen LogP contribution in [0.2, 0.25) is 0 Å². The minimum atomic E-state index is -0.525. The standard InChI is InChI=1S/C21H18FN3O/c1-24-12-14-3-7-18(17-6-8-21(26-2)25-13-17)19(9-14)15-4-5-16(11-23)20(22)10-15/h3-10,13,24H,12H2,1-2H3. The summed E-state index contributed by atoms with van der Waals surface area (Å²) in [5.74, 6) is 0.00865. The van der Waals surface area contributed by atoms with Crippen LogP contribution >= 0.6 is 0 Å². The molecule has 0 unspecified atom stereocenters. The SMILES string of the molecule is CNCc1ccc(-c2ccc(OC)nc2)c(-c2ccc(C#N)c(F)c2)c1. The minimum Gasteiger partial charge on any atom is -0.481 e. The number of pyridine rings is 1. The number of nitrogens with one attached hydrogen (secondary N) is 1. The van der Waals surface area contributed by atoms with Crippen molar-refractivity contribution >= 4 is 0 Å². The summed E-state index contributed by atoms with van der Waals surface area (Å²) in [6, 6.07) is 16.3. The molecular formula is C21H18FN3O. The largest absolute Gasteiger partial charge is 0.481 e. The van der Waals surface area contributed by atoms with E-state index in [2.05, 4.69) is 10.3 Å². The number of aromatic nitrogens is 1. The van der Waals surface area contributed by atoms with Crippen molar-refractivity contribution in [2.24, 2.45) is 0 Å². The molecule has 5 heteroatoms. The van der Waals surface area contributed by atoms with Crippen LogP contribution in [0, 0.1) is 17.1 Å². The molecule has 0 aliphatic heterocycles. The van der Waals surface area contributed by atoms with Gasteiger partial charge in [0.15, 0.2) is 0 Å². The molecule has 2 aromatic carbocycles. The van der Waals surface area contributed by atoms with Gasteiger partial charge >= 0.3 is 0 Å². The van der Waals surface area contributed by atoms with Gasteiger partial charge in [-0.2, -0.15) is 5.26 Å². The highest BCUT2D eigenvalue weighted by Crippen LogP contribution is 2.34. The lowest BCUT2D eigenvalue weighted by Crippen LogP contribution is -2.05. The van der Waals surface area contributed by atoms with Gasteiger partial charge in [-0.25, -0.2) is 9.37 Å². The number of nitrogens with zero attached hydrogens (tertiary/aromatic N) is 2. The van der Waals surface area contributed by atoms with Crippen molar-refractivity contribution in [1.82, 2.24) is 10.3 Å². The Bertz CT molecular complexity index is 962. The third-order valence-corrected chi connectivity index (χ3v) is 4.12. The van der Waals surface area contributed by atoms with E-state index in [4.69, 9.17) is 10.00 Å². The summed E-state index contributed by atoms with van der Waals surface area (Å²) < 4.78 is 19.3. The molecular weight excluding hydrogens is 329 g/mol. The normalized spacial score (nSPS) is 10.4. The third kappa shape index (κ3) is 3.56. The topological polar surface area (TPSA) is 57.9 Å². The molecule has 1 N–H and O–H groups in total. The van der Waals surface area contributed by atoms with Gasteiger partial charge in [0.25, 0.3) is 0 Å². The molecule has 0 saturated heterocycles. The molecule has 0 fully saturated rings. The van der Waals surface area contributed by atoms with Gasteiger partial charge in [-0.05, 0) is 53.6 Å². The second-order valence-corrected chi connectivity index (χ2v) is 5.81. The van der Waals surface area contributed by atoms with E-state index < -0.39 is 5.82 Å². The van der Waals surface area contributed by atoms with Crippen molar-refractivity contribution in [2.45, 2.75) is 6.54 Å². The van der Waals surface area contributed by atoms with E-state index in [1.54, 1.807) is 25.4 Å². The molecule has 26 heavy (non-hydrogen) atoms. The highest BCUT2D eigenvalue weighted by atomic mass is 19.1. The molecule has 3 aromatic rings. The Morgan fingerprint density at radius 2 is 1.88 bits per heavy atom. The first-order valence-corrected chi connectivity index (χ1v) is 8.14. The molecule has 0 bridgehead atoms. The number of rotatable bonds is 5. The molecule has 3 rings (SSSR count). The summed E-state index contributed by atoms with van der Waals surface area (Å²) in [6.45, 7) is 0.701. The van der Waals surface area contributed by atoms with E-state index in [9.17, 15) is 4.39 Å². The Morgan fingerprint density at radius 3 is 2.50 bits per heavy atom. The Balaban J connectivity index is 2.15. The molecule has 0 radical (unpaired) electrons. The van der Waals surface area contributed by atoms with Crippen molar-refractivity contribution in [2.75, 3.05) is 14.2 Å². The number of nitriles is 1. The quantitative estimate of drug-likeness (QED) is 0.753. The van der Waals surface area contributed by atoms with Crippen molar-refractivity contribution in [1.29, 1.82) is 5.26 Å². The molecule has 0 amide bonds. The third-order valence-electron chi connectivity index (χ3n) is 4.12. The van der Waals surface area contributed by atoms with Crippen LogP contribution in [-0.2, 0) is 6.54 Å². The number of hydrogen-bond donors (Lipinski definition) is 1. The first kappa shape index (κ1) is 17.6. The lowest BCUT2D eigenvalue weighted by Gasteiger charge is -2.13. The highest BCUT2D eigenvalue weighted by molar-refractivity contribution is 5.84.